The Hall–Kier alpha value is -1.08. The Labute approximate surface area is 84.2 Å². The third-order valence-electron chi connectivity index (χ3n) is 2.36. The molecule has 0 atom stereocenters. The molecule has 4 nitrogen and oxygen atoms in total. The molecule has 14 heavy (non-hydrogen) atoms. The fourth-order valence-corrected chi connectivity index (χ4v) is 1.34. The molecule has 1 aliphatic rings. The Morgan fingerprint density at radius 2 is 2.21 bits per heavy atom. The molecule has 0 aromatic rings. The van der Waals surface area contributed by atoms with Gasteiger partial charge in [-0.15, -0.1) is 0 Å². The Bertz CT molecular complexity index is 274. The largest absolute Gasteiger partial charge is 0.382 e. The fraction of sp³-hybridized carbons (Fsp3) is 0.800. The summed E-state index contributed by atoms with van der Waals surface area (Å²) in [5, 5.41) is 11.6. The van der Waals surface area contributed by atoms with Crippen LogP contribution in [0.5, 0.6) is 0 Å². The first kappa shape index (κ1) is 11.0. The summed E-state index contributed by atoms with van der Waals surface area (Å²) in [5.74, 6) is -0.165. The summed E-state index contributed by atoms with van der Waals surface area (Å²) < 4.78 is 4.98. The number of hydrogen-bond acceptors (Lipinski definition) is 3. The Morgan fingerprint density at radius 1 is 1.64 bits per heavy atom. The second kappa shape index (κ2) is 3.58. The van der Waals surface area contributed by atoms with Crippen LogP contribution in [0.4, 0.5) is 0 Å². The molecule has 0 aliphatic heterocycles. The normalized spacial score (nSPS) is 18.4. The van der Waals surface area contributed by atoms with E-state index in [1.54, 1.807) is 7.11 Å². The summed E-state index contributed by atoms with van der Waals surface area (Å²) in [4.78, 5) is 11.7. The van der Waals surface area contributed by atoms with Crippen molar-refractivity contribution < 1.29 is 9.53 Å². The van der Waals surface area contributed by atoms with Crippen LogP contribution in [-0.4, -0.2) is 25.2 Å². The van der Waals surface area contributed by atoms with Crippen molar-refractivity contribution in [2.24, 2.45) is 5.41 Å². The number of nitrogens with one attached hydrogen (secondary N) is 1. The molecule has 4 heteroatoms. The highest BCUT2D eigenvalue weighted by molar-refractivity contribution is 5.88. The highest BCUT2D eigenvalue weighted by Crippen LogP contribution is 2.45. The van der Waals surface area contributed by atoms with Crippen LogP contribution in [0.15, 0.2) is 0 Å². The van der Waals surface area contributed by atoms with E-state index in [2.05, 4.69) is 11.4 Å². The SMILES string of the molecule is COCC(C)(C)NC(=O)C1(C#N)CC1. The van der Waals surface area contributed by atoms with E-state index in [1.807, 2.05) is 13.8 Å². The number of amides is 1. The van der Waals surface area contributed by atoms with Crippen molar-refractivity contribution in [2.75, 3.05) is 13.7 Å². The molecule has 1 rings (SSSR count). The molecule has 0 bridgehead atoms. The van der Waals surface area contributed by atoms with Gasteiger partial charge in [-0.2, -0.15) is 5.26 Å². The predicted octanol–water partition coefficient (Wildman–Crippen LogP) is 0.831. The lowest BCUT2D eigenvalue weighted by atomic mass is 10.0. The van der Waals surface area contributed by atoms with Gasteiger partial charge in [-0.1, -0.05) is 0 Å². The zero-order chi connectivity index (χ0) is 10.8. The predicted molar refractivity (Wildman–Crippen MR) is 51.4 cm³/mol. The first-order valence-corrected chi connectivity index (χ1v) is 4.69. The van der Waals surface area contributed by atoms with Crippen LogP contribution in [0.3, 0.4) is 0 Å². The lowest BCUT2D eigenvalue weighted by Gasteiger charge is -2.26. The van der Waals surface area contributed by atoms with Crippen LogP contribution in [0.25, 0.3) is 0 Å². The van der Waals surface area contributed by atoms with Gasteiger partial charge in [0.15, 0.2) is 0 Å². The molecule has 1 amide bonds. The number of methoxy groups -OCH3 is 1. The number of nitrogens with zero attached hydrogens (tertiary/aromatic N) is 1. The van der Waals surface area contributed by atoms with Gasteiger partial charge in [-0.3, -0.25) is 4.79 Å². The molecule has 0 aromatic carbocycles. The number of nitriles is 1. The van der Waals surface area contributed by atoms with Crippen LogP contribution in [0, 0.1) is 16.7 Å². The Kier molecular flexibility index (Phi) is 2.81. The minimum atomic E-state index is -0.745. The number of rotatable bonds is 4. The Balaban J connectivity index is 2.53. The zero-order valence-corrected chi connectivity index (χ0v) is 8.89. The molecule has 0 heterocycles. The molecule has 0 saturated heterocycles. The van der Waals surface area contributed by atoms with Gasteiger partial charge in [0.1, 0.15) is 5.41 Å². The number of hydrogen-bond donors (Lipinski definition) is 1. The summed E-state index contributed by atoms with van der Waals surface area (Å²) in [6.07, 6.45) is 1.36. The molecule has 78 valence electrons. The van der Waals surface area contributed by atoms with E-state index in [0.29, 0.717) is 19.4 Å². The minimum Gasteiger partial charge on any atom is -0.382 e. The topological polar surface area (TPSA) is 62.1 Å². The van der Waals surface area contributed by atoms with E-state index in [4.69, 9.17) is 10.00 Å². The van der Waals surface area contributed by atoms with Crippen LogP contribution in [-0.2, 0) is 9.53 Å². The third kappa shape index (κ3) is 2.24. The van der Waals surface area contributed by atoms with Crippen LogP contribution < -0.4 is 5.32 Å². The summed E-state index contributed by atoms with van der Waals surface area (Å²) in [6, 6.07) is 2.06. The van der Waals surface area contributed by atoms with Crippen LogP contribution in [0.2, 0.25) is 0 Å². The van der Waals surface area contributed by atoms with E-state index in [0.717, 1.165) is 0 Å². The van der Waals surface area contributed by atoms with Crippen molar-refractivity contribution in [2.45, 2.75) is 32.2 Å². The van der Waals surface area contributed by atoms with Gasteiger partial charge in [0.05, 0.1) is 18.2 Å². The lowest BCUT2D eigenvalue weighted by Crippen LogP contribution is -2.49. The molecule has 0 spiro atoms. The standard InChI is InChI=1S/C10H16N2O2/c1-9(2,7-14-3)12-8(13)10(6-11)4-5-10/h4-5,7H2,1-3H3,(H,12,13). The zero-order valence-electron chi connectivity index (χ0n) is 8.89. The molecule has 1 aliphatic carbocycles. The van der Waals surface area contributed by atoms with Crippen LogP contribution >= 0.6 is 0 Å². The van der Waals surface area contributed by atoms with E-state index in [1.165, 1.54) is 0 Å². The van der Waals surface area contributed by atoms with Gasteiger partial charge in [0.2, 0.25) is 5.91 Å². The molecule has 0 radical (unpaired) electrons. The van der Waals surface area contributed by atoms with E-state index in [-0.39, 0.29) is 5.91 Å². The van der Waals surface area contributed by atoms with Crippen molar-refractivity contribution >= 4 is 5.91 Å². The number of carbonyl (C=O) groups excluding carboxylic acids is 1. The van der Waals surface area contributed by atoms with Crippen molar-refractivity contribution in [1.29, 1.82) is 5.26 Å². The maximum Gasteiger partial charge on any atom is 0.240 e. The summed E-state index contributed by atoms with van der Waals surface area (Å²) >= 11 is 0. The highest BCUT2D eigenvalue weighted by atomic mass is 16.5. The van der Waals surface area contributed by atoms with Gasteiger partial charge in [0.25, 0.3) is 0 Å². The van der Waals surface area contributed by atoms with Gasteiger partial charge < -0.3 is 10.1 Å². The van der Waals surface area contributed by atoms with E-state index >= 15 is 0 Å². The van der Waals surface area contributed by atoms with Gasteiger partial charge in [-0.05, 0) is 26.7 Å². The number of ether oxygens (including phenoxy) is 1. The molecule has 0 unspecified atom stereocenters. The van der Waals surface area contributed by atoms with Gasteiger partial charge >= 0.3 is 0 Å². The molecular weight excluding hydrogens is 180 g/mol. The average molecular weight is 196 g/mol. The first-order valence-electron chi connectivity index (χ1n) is 4.69. The van der Waals surface area contributed by atoms with E-state index in [9.17, 15) is 4.79 Å². The first-order chi connectivity index (χ1) is 6.46. The van der Waals surface area contributed by atoms with Crippen molar-refractivity contribution in [3.8, 4) is 6.07 Å². The maximum atomic E-state index is 11.7. The number of carbonyl (C=O) groups is 1. The van der Waals surface area contributed by atoms with Gasteiger partial charge in [0, 0.05) is 7.11 Å². The molecular formula is C10H16N2O2. The molecule has 1 saturated carbocycles. The second-order valence-corrected chi connectivity index (χ2v) is 4.46. The maximum absolute atomic E-state index is 11.7. The minimum absolute atomic E-state index is 0.165. The van der Waals surface area contributed by atoms with Crippen molar-refractivity contribution in [3.63, 3.8) is 0 Å². The molecule has 1 N–H and O–H groups in total. The van der Waals surface area contributed by atoms with Crippen molar-refractivity contribution in [3.05, 3.63) is 0 Å². The summed E-state index contributed by atoms with van der Waals surface area (Å²) in [7, 11) is 1.59. The van der Waals surface area contributed by atoms with Gasteiger partial charge in [-0.25, -0.2) is 0 Å². The van der Waals surface area contributed by atoms with E-state index < -0.39 is 11.0 Å². The summed E-state index contributed by atoms with van der Waals surface area (Å²) in [6.45, 7) is 4.20. The quantitative estimate of drug-likeness (QED) is 0.724. The van der Waals surface area contributed by atoms with Crippen LogP contribution in [0.1, 0.15) is 26.7 Å². The smallest absolute Gasteiger partial charge is 0.240 e. The second-order valence-electron chi connectivity index (χ2n) is 4.46. The van der Waals surface area contributed by atoms with Crippen molar-refractivity contribution in [1.82, 2.24) is 5.32 Å². The fourth-order valence-electron chi connectivity index (χ4n) is 1.34. The average Bonchev–Trinajstić information content (AvgIpc) is 2.82. The summed E-state index contributed by atoms with van der Waals surface area (Å²) in [5.41, 5.74) is -1.15. The lowest BCUT2D eigenvalue weighted by molar-refractivity contribution is -0.126. The molecule has 1 fully saturated rings. The Morgan fingerprint density at radius 3 is 2.57 bits per heavy atom. The molecule has 0 aromatic heterocycles. The third-order valence-corrected chi connectivity index (χ3v) is 2.36. The highest BCUT2D eigenvalue weighted by Gasteiger charge is 2.51. The monoisotopic (exact) mass is 196 g/mol.